The number of nitrogens with zero attached hydrogens (tertiary/aromatic N) is 1. The number of benzene rings is 1. The third kappa shape index (κ3) is 3.44. The molecule has 0 bridgehead atoms. The molecule has 2 heterocycles. The molecule has 5 nitrogen and oxygen atoms in total. The number of nitrogens with one attached hydrogen (secondary N) is 1. The SMILES string of the molecule is Cc1nc(Nc2cccc3c2CC(O)CC3)oc1-c1ccc(C(F)(F)F)o1. The number of aliphatic hydroxyl groups excluding tert-OH is 1. The number of furan rings is 1. The van der Waals surface area contributed by atoms with Crippen LogP contribution in [0.1, 0.15) is 29.0 Å². The third-order valence-corrected chi connectivity index (χ3v) is 4.61. The molecule has 0 fully saturated rings. The Morgan fingerprint density at radius 1 is 1.19 bits per heavy atom. The van der Waals surface area contributed by atoms with Gasteiger partial charge in [0, 0.05) is 12.1 Å². The Bertz CT molecular complexity index is 975. The fraction of sp³-hybridized carbons (Fsp3) is 0.316. The van der Waals surface area contributed by atoms with Crippen LogP contribution in [0.5, 0.6) is 0 Å². The highest BCUT2D eigenvalue weighted by Gasteiger charge is 2.35. The number of hydrogen-bond donors (Lipinski definition) is 2. The van der Waals surface area contributed by atoms with Gasteiger partial charge in [-0.3, -0.25) is 0 Å². The average Bonchev–Trinajstić information content (AvgIpc) is 3.22. The van der Waals surface area contributed by atoms with Crippen molar-refractivity contribution in [3.8, 4) is 11.5 Å². The summed E-state index contributed by atoms with van der Waals surface area (Å²) in [5.74, 6) is -0.988. The van der Waals surface area contributed by atoms with Crippen molar-refractivity contribution < 1.29 is 27.1 Å². The van der Waals surface area contributed by atoms with Gasteiger partial charge in [0.15, 0.2) is 11.5 Å². The Morgan fingerprint density at radius 2 is 2.00 bits per heavy atom. The van der Waals surface area contributed by atoms with Gasteiger partial charge in [-0.2, -0.15) is 18.2 Å². The maximum atomic E-state index is 12.7. The Kier molecular flexibility index (Phi) is 4.22. The van der Waals surface area contributed by atoms with Crippen molar-refractivity contribution in [1.29, 1.82) is 0 Å². The molecule has 1 aliphatic carbocycles. The highest BCUT2D eigenvalue weighted by molar-refractivity contribution is 5.63. The second kappa shape index (κ2) is 6.45. The van der Waals surface area contributed by atoms with E-state index >= 15 is 0 Å². The molecule has 1 unspecified atom stereocenters. The predicted molar refractivity (Wildman–Crippen MR) is 91.7 cm³/mol. The fourth-order valence-electron chi connectivity index (χ4n) is 3.29. The number of anilines is 2. The molecule has 27 heavy (non-hydrogen) atoms. The molecule has 0 radical (unpaired) electrons. The van der Waals surface area contributed by atoms with E-state index < -0.39 is 18.0 Å². The summed E-state index contributed by atoms with van der Waals surface area (Å²) in [6.45, 7) is 1.63. The van der Waals surface area contributed by atoms with E-state index in [0.29, 0.717) is 12.1 Å². The second-order valence-electron chi connectivity index (χ2n) is 6.56. The van der Waals surface area contributed by atoms with Gasteiger partial charge in [0.05, 0.1) is 11.8 Å². The molecule has 8 heteroatoms. The van der Waals surface area contributed by atoms with Gasteiger partial charge in [-0.05, 0) is 49.1 Å². The van der Waals surface area contributed by atoms with Gasteiger partial charge in [-0.25, -0.2) is 0 Å². The van der Waals surface area contributed by atoms with Crippen molar-refractivity contribution in [2.24, 2.45) is 0 Å². The molecular formula is C19H17F3N2O3. The van der Waals surface area contributed by atoms with Crippen molar-refractivity contribution in [1.82, 2.24) is 4.98 Å². The Morgan fingerprint density at radius 3 is 2.74 bits per heavy atom. The fourth-order valence-corrected chi connectivity index (χ4v) is 3.29. The lowest BCUT2D eigenvalue weighted by Gasteiger charge is -2.23. The predicted octanol–water partition coefficient (Wildman–Crippen LogP) is 4.86. The van der Waals surface area contributed by atoms with Gasteiger partial charge in [0.2, 0.25) is 5.76 Å². The molecule has 0 spiro atoms. The summed E-state index contributed by atoms with van der Waals surface area (Å²) in [7, 11) is 0. The first-order valence-electron chi connectivity index (χ1n) is 8.52. The normalized spacial score (nSPS) is 17.0. The average molecular weight is 378 g/mol. The lowest BCUT2D eigenvalue weighted by Crippen LogP contribution is -2.19. The van der Waals surface area contributed by atoms with E-state index in [2.05, 4.69) is 10.3 Å². The van der Waals surface area contributed by atoms with Crippen molar-refractivity contribution in [3.05, 3.63) is 52.9 Å². The summed E-state index contributed by atoms with van der Waals surface area (Å²) in [5.41, 5.74) is 3.31. The smallest absolute Gasteiger partial charge is 0.448 e. The molecule has 0 aliphatic heterocycles. The molecule has 0 saturated heterocycles. The van der Waals surface area contributed by atoms with Gasteiger partial charge < -0.3 is 19.3 Å². The Hall–Kier alpha value is -2.74. The first kappa shape index (κ1) is 17.7. The topological polar surface area (TPSA) is 71.4 Å². The van der Waals surface area contributed by atoms with Crippen LogP contribution in [-0.2, 0) is 19.0 Å². The van der Waals surface area contributed by atoms with Crippen LogP contribution >= 0.6 is 0 Å². The summed E-state index contributed by atoms with van der Waals surface area (Å²) >= 11 is 0. The lowest BCUT2D eigenvalue weighted by atomic mass is 9.88. The number of fused-ring (bicyclic) bond motifs is 1. The molecular weight excluding hydrogens is 361 g/mol. The van der Waals surface area contributed by atoms with Crippen LogP contribution in [0.3, 0.4) is 0 Å². The molecule has 0 amide bonds. The Labute approximate surface area is 152 Å². The summed E-state index contributed by atoms with van der Waals surface area (Å²) < 4.78 is 48.7. The minimum absolute atomic E-state index is 0.0362. The molecule has 0 saturated carbocycles. The zero-order valence-electron chi connectivity index (χ0n) is 14.4. The number of alkyl halides is 3. The number of oxazole rings is 1. The molecule has 1 aromatic carbocycles. The maximum Gasteiger partial charge on any atom is 0.449 e. The quantitative estimate of drug-likeness (QED) is 0.681. The minimum atomic E-state index is -4.56. The second-order valence-corrected chi connectivity index (χ2v) is 6.56. The molecule has 2 N–H and O–H groups in total. The Balaban J connectivity index is 1.63. The number of aryl methyl sites for hydroxylation is 2. The van der Waals surface area contributed by atoms with Crippen LogP contribution in [0, 0.1) is 6.92 Å². The highest BCUT2D eigenvalue weighted by Crippen LogP contribution is 2.36. The summed E-state index contributed by atoms with van der Waals surface area (Å²) in [5, 5.41) is 13.0. The van der Waals surface area contributed by atoms with Crippen molar-refractivity contribution >= 4 is 11.7 Å². The van der Waals surface area contributed by atoms with Gasteiger partial charge in [0.1, 0.15) is 0 Å². The zero-order chi connectivity index (χ0) is 19.2. The van der Waals surface area contributed by atoms with Crippen molar-refractivity contribution in [3.63, 3.8) is 0 Å². The number of halogens is 3. The molecule has 142 valence electrons. The summed E-state index contributed by atoms with van der Waals surface area (Å²) in [6, 6.07) is 7.99. The minimum Gasteiger partial charge on any atom is -0.448 e. The summed E-state index contributed by atoms with van der Waals surface area (Å²) in [4.78, 5) is 4.24. The monoisotopic (exact) mass is 378 g/mol. The van der Waals surface area contributed by atoms with Gasteiger partial charge in [-0.1, -0.05) is 12.1 Å². The van der Waals surface area contributed by atoms with E-state index in [9.17, 15) is 18.3 Å². The van der Waals surface area contributed by atoms with Gasteiger partial charge in [0.25, 0.3) is 6.01 Å². The van der Waals surface area contributed by atoms with Crippen LogP contribution in [0.2, 0.25) is 0 Å². The first-order valence-corrected chi connectivity index (χ1v) is 8.52. The van der Waals surface area contributed by atoms with E-state index in [4.69, 9.17) is 8.83 Å². The van der Waals surface area contributed by atoms with Crippen LogP contribution in [0.15, 0.2) is 39.2 Å². The van der Waals surface area contributed by atoms with Crippen LogP contribution in [0.25, 0.3) is 11.5 Å². The maximum absolute atomic E-state index is 12.7. The molecule has 1 atom stereocenters. The van der Waals surface area contributed by atoms with Gasteiger partial charge in [-0.15, -0.1) is 0 Å². The van der Waals surface area contributed by atoms with E-state index in [1.807, 2.05) is 18.2 Å². The third-order valence-electron chi connectivity index (χ3n) is 4.61. The lowest BCUT2D eigenvalue weighted by molar-refractivity contribution is -0.152. The molecule has 1 aliphatic rings. The van der Waals surface area contributed by atoms with Gasteiger partial charge >= 0.3 is 6.18 Å². The van der Waals surface area contributed by atoms with Crippen LogP contribution < -0.4 is 5.32 Å². The highest BCUT2D eigenvalue weighted by atomic mass is 19.4. The van der Waals surface area contributed by atoms with E-state index in [1.54, 1.807) is 6.92 Å². The molecule has 3 aromatic rings. The number of rotatable bonds is 3. The molecule has 4 rings (SSSR count). The largest absolute Gasteiger partial charge is 0.449 e. The number of aliphatic hydroxyl groups is 1. The van der Waals surface area contributed by atoms with E-state index in [0.717, 1.165) is 35.7 Å². The van der Waals surface area contributed by atoms with E-state index in [-0.39, 0.29) is 17.5 Å². The molecule has 2 aromatic heterocycles. The van der Waals surface area contributed by atoms with Crippen molar-refractivity contribution in [2.45, 2.75) is 38.5 Å². The zero-order valence-corrected chi connectivity index (χ0v) is 14.4. The van der Waals surface area contributed by atoms with Crippen molar-refractivity contribution in [2.75, 3.05) is 5.32 Å². The summed E-state index contributed by atoms with van der Waals surface area (Å²) in [6.07, 6.45) is -2.92. The number of aromatic nitrogens is 1. The first-order chi connectivity index (χ1) is 12.8. The van der Waals surface area contributed by atoms with E-state index in [1.165, 1.54) is 6.07 Å². The number of hydrogen-bond acceptors (Lipinski definition) is 5. The van der Waals surface area contributed by atoms with Crippen LogP contribution in [-0.4, -0.2) is 16.2 Å². The van der Waals surface area contributed by atoms with Crippen LogP contribution in [0.4, 0.5) is 24.9 Å². The standard InChI is InChI=1S/C19H17F3N2O3/c1-10-17(15-7-8-16(26-15)19(20,21)22)27-18(23-10)24-14-4-2-3-11-5-6-12(25)9-13(11)14/h2-4,7-8,12,25H,5-6,9H2,1H3,(H,23,24).